The molecule has 0 saturated heterocycles. The third-order valence-corrected chi connectivity index (χ3v) is 4.42. The van der Waals surface area contributed by atoms with E-state index in [0.717, 1.165) is 0 Å². The van der Waals surface area contributed by atoms with Crippen molar-refractivity contribution < 1.29 is 33.6 Å². The molecule has 2 aromatic carbocycles. The Labute approximate surface area is 169 Å². The van der Waals surface area contributed by atoms with Gasteiger partial charge in [0.15, 0.2) is 11.5 Å². The minimum absolute atomic E-state index is 0.125. The van der Waals surface area contributed by atoms with Gasteiger partial charge in [0, 0.05) is 24.1 Å². The number of carbonyl (C=O) groups excluding carboxylic acids is 1. The molecule has 8 heteroatoms. The van der Waals surface area contributed by atoms with Crippen LogP contribution >= 0.6 is 0 Å². The molecule has 0 fully saturated rings. The molecule has 0 spiro atoms. The third kappa shape index (κ3) is 5.78. The van der Waals surface area contributed by atoms with Crippen LogP contribution in [0.5, 0.6) is 23.0 Å². The van der Waals surface area contributed by atoms with Crippen molar-refractivity contribution in [3.8, 4) is 23.0 Å². The van der Waals surface area contributed by atoms with E-state index < -0.39 is 11.9 Å². The lowest BCUT2D eigenvalue weighted by Gasteiger charge is -2.18. The molecule has 2 rings (SSSR count). The van der Waals surface area contributed by atoms with E-state index in [4.69, 9.17) is 18.9 Å². The number of carboxylic acid groups (broad SMARTS) is 1. The maximum absolute atomic E-state index is 12.6. The summed E-state index contributed by atoms with van der Waals surface area (Å²) in [6.07, 6.45) is -0.156. The number of hydrogen-bond acceptors (Lipinski definition) is 6. The number of amides is 1. The Morgan fingerprint density at radius 2 is 1.52 bits per heavy atom. The number of benzene rings is 2. The number of nitrogens with one attached hydrogen (secondary N) is 1. The summed E-state index contributed by atoms with van der Waals surface area (Å²) >= 11 is 0. The lowest BCUT2D eigenvalue weighted by atomic mass is 9.95. The number of carbonyl (C=O) groups is 2. The molecule has 1 amide bonds. The predicted molar refractivity (Wildman–Crippen MR) is 106 cm³/mol. The van der Waals surface area contributed by atoms with Crippen LogP contribution in [0.3, 0.4) is 0 Å². The van der Waals surface area contributed by atoms with E-state index in [0.29, 0.717) is 34.1 Å². The van der Waals surface area contributed by atoms with Gasteiger partial charge in [-0.05, 0) is 29.8 Å². The second kappa shape index (κ2) is 10.2. The lowest BCUT2D eigenvalue weighted by molar-refractivity contribution is -0.137. The van der Waals surface area contributed by atoms with Crippen LogP contribution in [0.2, 0.25) is 0 Å². The normalized spacial score (nSPS) is 11.3. The molecule has 0 aliphatic rings. The van der Waals surface area contributed by atoms with Crippen LogP contribution in [-0.2, 0) is 4.79 Å². The second-order valence-corrected chi connectivity index (χ2v) is 6.22. The molecule has 0 saturated carbocycles. The van der Waals surface area contributed by atoms with Crippen LogP contribution in [0, 0.1) is 0 Å². The summed E-state index contributed by atoms with van der Waals surface area (Å²) in [7, 11) is 6.02. The van der Waals surface area contributed by atoms with Crippen LogP contribution in [-0.4, -0.2) is 52.0 Å². The third-order valence-electron chi connectivity index (χ3n) is 4.42. The Kier molecular flexibility index (Phi) is 7.70. The van der Waals surface area contributed by atoms with E-state index in [1.807, 2.05) is 0 Å². The molecule has 1 atom stereocenters. The van der Waals surface area contributed by atoms with Gasteiger partial charge in [-0.1, -0.05) is 6.07 Å². The van der Waals surface area contributed by atoms with Gasteiger partial charge < -0.3 is 29.4 Å². The average Bonchev–Trinajstić information content (AvgIpc) is 2.74. The molecular formula is C21H25NO7. The molecule has 0 heterocycles. The van der Waals surface area contributed by atoms with Crippen molar-refractivity contribution in [2.75, 3.05) is 35.0 Å². The molecule has 29 heavy (non-hydrogen) atoms. The van der Waals surface area contributed by atoms with Crippen LogP contribution < -0.4 is 24.3 Å². The summed E-state index contributed by atoms with van der Waals surface area (Å²) in [5.74, 6) is 0.207. The molecule has 0 radical (unpaired) electrons. The Bertz CT molecular complexity index is 844. The number of carboxylic acids is 1. The van der Waals surface area contributed by atoms with Gasteiger partial charge in [0.05, 0.1) is 34.9 Å². The maximum atomic E-state index is 12.6. The largest absolute Gasteiger partial charge is 0.497 e. The van der Waals surface area contributed by atoms with E-state index >= 15 is 0 Å². The highest BCUT2D eigenvalue weighted by Crippen LogP contribution is 2.31. The molecule has 2 aromatic rings. The molecule has 0 bridgehead atoms. The van der Waals surface area contributed by atoms with Crippen molar-refractivity contribution >= 4 is 11.9 Å². The fourth-order valence-electron chi connectivity index (χ4n) is 2.88. The number of aliphatic carboxylic acids is 1. The Morgan fingerprint density at radius 3 is 2.03 bits per heavy atom. The molecule has 0 aliphatic carbocycles. The van der Waals surface area contributed by atoms with E-state index in [1.165, 1.54) is 28.4 Å². The molecule has 8 nitrogen and oxygen atoms in total. The number of ether oxygens (including phenoxy) is 4. The molecule has 1 unspecified atom stereocenters. The summed E-state index contributed by atoms with van der Waals surface area (Å²) in [5.41, 5.74) is 1.07. The van der Waals surface area contributed by atoms with Crippen molar-refractivity contribution in [3.63, 3.8) is 0 Å². The minimum atomic E-state index is -0.970. The van der Waals surface area contributed by atoms with Crippen molar-refractivity contribution in [3.05, 3.63) is 47.5 Å². The van der Waals surface area contributed by atoms with Gasteiger partial charge in [-0.3, -0.25) is 9.59 Å². The predicted octanol–water partition coefficient (Wildman–Crippen LogP) is 2.71. The molecule has 0 aliphatic heterocycles. The van der Waals surface area contributed by atoms with Gasteiger partial charge >= 0.3 is 5.97 Å². The SMILES string of the molecule is COc1cc(OC)cc(C(=O)NCC(CC(=O)O)c2ccc(OC)c(OC)c2)c1. The number of rotatable bonds is 10. The zero-order valence-electron chi connectivity index (χ0n) is 16.9. The fourth-order valence-corrected chi connectivity index (χ4v) is 2.88. The standard InChI is InChI=1S/C21H25NO7/c1-26-16-7-14(8-17(11-16)27-2)21(25)22-12-15(10-20(23)24)13-5-6-18(28-3)19(9-13)29-4/h5-9,11,15H,10,12H2,1-4H3,(H,22,25)(H,23,24). The lowest BCUT2D eigenvalue weighted by Crippen LogP contribution is -2.29. The highest BCUT2D eigenvalue weighted by atomic mass is 16.5. The van der Waals surface area contributed by atoms with Gasteiger partial charge in [-0.15, -0.1) is 0 Å². The summed E-state index contributed by atoms with van der Waals surface area (Å²) < 4.78 is 20.9. The van der Waals surface area contributed by atoms with Crippen molar-refractivity contribution in [2.24, 2.45) is 0 Å². The quantitative estimate of drug-likeness (QED) is 0.629. The molecular weight excluding hydrogens is 378 g/mol. The smallest absolute Gasteiger partial charge is 0.304 e. The van der Waals surface area contributed by atoms with E-state index in [9.17, 15) is 14.7 Å². The first kappa shape index (κ1) is 21.9. The van der Waals surface area contributed by atoms with Gasteiger partial charge in [0.1, 0.15) is 11.5 Å². The van der Waals surface area contributed by atoms with Crippen molar-refractivity contribution in [2.45, 2.75) is 12.3 Å². The summed E-state index contributed by atoms with van der Waals surface area (Å²) in [4.78, 5) is 24.0. The topological polar surface area (TPSA) is 103 Å². The number of hydrogen-bond donors (Lipinski definition) is 2. The zero-order valence-corrected chi connectivity index (χ0v) is 16.9. The fraction of sp³-hybridized carbons (Fsp3) is 0.333. The van der Waals surface area contributed by atoms with Gasteiger partial charge in [-0.2, -0.15) is 0 Å². The van der Waals surface area contributed by atoms with E-state index in [-0.39, 0.29) is 18.9 Å². The van der Waals surface area contributed by atoms with Crippen molar-refractivity contribution in [1.29, 1.82) is 0 Å². The summed E-state index contributed by atoms with van der Waals surface area (Å²) in [6, 6.07) is 10.0. The average molecular weight is 403 g/mol. The molecule has 0 aromatic heterocycles. The Hall–Kier alpha value is -3.42. The first-order valence-electron chi connectivity index (χ1n) is 8.86. The molecule has 2 N–H and O–H groups in total. The van der Waals surface area contributed by atoms with Crippen molar-refractivity contribution in [1.82, 2.24) is 5.32 Å². The second-order valence-electron chi connectivity index (χ2n) is 6.22. The Balaban J connectivity index is 2.21. The highest BCUT2D eigenvalue weighted by Gasteiger charge is 2.20. The first-order chi connectivity index (χ1) is 13.9. The van der Waals surface area contributed by atoms with Gasteiger partial charge in [-0.25, -0.2) is 0 Å². The Morgan fingerprint density at radius 1 is 0.897 bits per heavy atom. The monoisotopic (exact) mass is 403 g/mol. The molecule has 156 valence electrons. The van der Waals surface area contributed by atoms with Gasteiger partial charge in [0.25, 0.3) is 5.91 Å². The van der Waals surface area contributed by atoms with Crippen LogP contribution in [0.1, 0.15) is 28.3 Å². The maximum Gasteiger partial charge on any atom is 0.304 e. The minimum Gasteiger partial charge on any atom is -0.497 e. The van der Waals surface area contributed by atoms with E-state index in [2.05, 4.69) is 5.32 Å². The highest BCUT2D eigenvalue weighted by molar-refractivity contribution is 5.95. The summed E-state index contributed by atoms with van der Waals surface area (Å²) in [5, 5.41) is 12.1. The number of methoxy groups -OCH3 is 4. The van der Waals surface area contributed by atoms with Gasteiger partial charge in [0.2, 0.25) is 0 Å². The zero-order chi connectivity index (χ0) is 21.4. The van der Waals surface area contributed by atoms with E-state index in [1.54, 1.807) is 36.4 Å². The van der Waals surface area contributed by atoms with Crippen LogP contribution in [0.15, 0.2) is 36.4 Å². The van der Waals surface area contributed by atoms with Crippen LogP contribution in [0.25, 0.3) is 0 Å². The van der Waals surface area contributed by atoms with Crippen LogP contribution in [0.4, 0.5) is 0 Å². The summed E-state index contributed by atoms with van der Waals surface area (Å²) in [6.45, 7) is 0.125. The first-order valence-corrected chi connectivity index (χ1v) is 8.86.